The van der Waals surface area contributed by atoms with E-state index in [0.717, 1.165) is 11.8 Å². The highest BCUT2D eigenvalue weighted by atomic mass is 16.6. The first-order chi connectivity index (χ1) is 11.0. The van der Waals surface area contributed by atoms with Gasteiger partial charge >= 0.3 is 5.69 Å². The average molecular weight is 320 g/mol. The van der Waals surface area contributed by atoms with Crippen molar-refractivity contribution in [3.8, 4) is 0 Å². The summed E-state index contributed by atoms with van der Waals surface area (Å²) in [7, 11) is 0. The molecular formula is C16H24N4O3. The van der Waals surface area contributed by atoms with Crippen molar-refractivity contribution in [2.24, 2.45) is 17.8 Å². The van der Waals surface area contributed by atoms with Gasteiger partial charge in [-0.25, -0.2) is 0 Å². The van der Waals surface area contributed by atoms with Gasteiger partial charge in [-0.15, -0.1) is 0 Å². The van der Waals surface area contributed by atoms with Gasteiger partial charge in [0.1, 0.15) is 18.4 Å². The van der Waals surface area contributed by atoms with Crippen LogP contribution in [0.1, 0.15) is 52.0 Å². The molecule has 5 atom stereocenters. The van der Waals surface area contributed by atoms with Crippen molar-refractivity contribution < 1.29 is 9.72 Å². The number of rotatable bonds is 6. The van der Waals surface area contributed by atoms with E-state index in [-0.39, 0.29) is 17.6 Å². The lowest BCUT2D eigenvalue weighted by atomic mass is 9.84. The van der Waals surface area contributed by atoms with E-state index in [1.165, 1.54) is 42.8 Å². The number of hydrogen-bond donors (Lipinski definition) is 1. The van der Waals surface area contributed by atoms with Gasteiger partial charge in [-0.3, -0.25) is 19.6 Å². The van der Waals surface area contributed by atoms with E-state index >= 15 is 0 Å². The van der Waals surface area contributed by atoms with Crippen LogP contribution in [0.5, 0.6) is 0 Å². The van der Waals surface area contributed by atoms with Gasteiger partial charge in [-0.1, -0.05) is 13.3 Å². The van der Waals surface area contributed by atoms with Crippen molar-refractivity contribution in [3.63, 3.8) is 0 Å². The molecule has 0 saturated heterocycles. The molecule has 2 saturated carbocycles. The molecule has 0 aromatic carbocycles. The zero-order chi connectivity index (χ0) is 16.6. The van der Waals surface area contributed by atoms with Crippen LogP contribution < -0.4 is 5.32 Å². The molecule has 2 aliphatic carbocycles. The first-order valence-electron chi connectivity index (χ1n) is 8.48. The quantitative estimate of drug-likeness (QED) is 0.644. The number of amides is 1. The minimum absolute atomic E-state index is 0.0857. The lowest BCUT2D eigenvalue weighted by Gasteiger charge is -2.29. The molecule has 126 valence electrons. The lowest BCUT2D eigenvalue weighted by molar-refractivity contribution is -0.385. The highest BCUT2D eigenvalue weighted by Gasteiger charge is 2.42. The maximum absolute atomic E-state index is 12.6. The van der Waals surface area contributed by atoms with Gasteiger partial charge in [0.2, 0.25) is 5.91 Å². The van der Waals surface area contributed by atoms with Crippen LogP contribution in [0.15, 0.2) is 12.4 Å². The number of nitro groups is 1. The van der Waals surface area contributed by atoms with Crippen LogP contribution in [0.2, 0.25) is 0 Å². The van der Waals surface area contributed by atoms with E-state index in [4.69, 9.17) is 0 Å². The fourth-order valence-electron chi connectivity index (χ4n) is 4.42. The second kappa shape index (κ2) is 6.29. The van der Waals surface area contributed by atoms with Crippen LogP contribution in [-0.2, 0) is 4.79 Å². The first-order valence-corrected chi connectivity index (χ1v) is 8.48. The number of fused-ring (bicyclic) bond motifs is 2. The molecule has 2 aliphatic rings. The largest absolute Gasteiger partial charge is 0.352 e. The molecule has 0 radical (unpaired) electrons. The van der Waals surface area contributed by atoms with Gasteiger partial charge in [0.15, 0.2) is 0 Å². The lowest BCUT2D eigenvalue weighted by Crippen LogP contribution is -2.43. The molecule has 0 aliphatic heterocycles. The summed E-state index contributed by atoms with van der Waals surface area (Å²) in [5, 5.41) is 17.9. The van der Waals surface area contributed by atoms with Gasteiger partial charge in [0, 0.05) is 6.04 Å². The zero-order valence-corrected chi connectivity index (χ0v) is 13.6. The molecule has 2 bridgehead atoms. The summed E-state index contributed by atoms with van der Waals surface area (Å²) < 4.78 is 1.40. The van der Waals surface area contributed by atoms with Gasteiger partial charge in [0.05, 0.1) is 4.92 Å². The van der Waals surface area contributed by atoms with E-state index in [1.807, 2.05) is 6.92 Å². The van der Waals surface area contributed by atoms with Gasteiger partial charge < -0.3 is 5.32 Å². The Morgan fingerprint density at radius 3 is 2.83 bits per heavy atom. The van der Waals surface area contributed by atoms with E-state index < -0.39 is 11.0 Å². The van der Waals surface area contributed by atoms with Gasteiger partial charge in [-0.2, -0.15) is 5.10 Å². The number of carbonyl (C=O) groups excluding carboxylic acids is 1. The van der Waals surface area contributed by atoms with Gasteiger partial charge in [0.25, 0.3) is 0 Å². The summed E-state index contributed by atoms with van der Waals surface area (Å²) in [5.41, 5.74) is -0.0857. The molecule has 1 amide bonds. The van der Waals surface area contributed by atoms with Crippen molar-refractivity contribution in [1.29, 1.82) is 0 Å². The van der Waals surface area contributed by atoms with Crippen LogP contribution in [-0.4, -0.2) is 26.7 Å². The first kappa shape index (κ1) is 16.0. The Labute approximate surface area is 135 Å². The van der Waals surface area contributed by atoms with Crippen LogP contribution in [0.4, 0.5) is 5.69 Å². The normalized spacial score (nSPS) is 28.5. The highest BCUT2D eigenvalue weighted by molar-refractivity contribution is 5.80. The maximum Gasteiger partial charge on any atom is 0.307 e. The molecule has 1 N–H and O–H groups in total. The summed E-state index contributed by atoms with van der Waals surface area (Å²) in [6, 6.07) is -0.345. The van der Waals surface area contributed by atoms with Crippen molar-refractivity contribution in [1.82, 2.24) is 15.1 Å². The average Bonchev–Trinajstić information content (AvgIpc) is 3.24. The Balaban J connectivity index is 1.64. The third-order valence-corrected chi connectivity index (χ3v) is 5.61. The summed E-state index contributed by atoms with van der Waals surface area (Å²) in [6.07, 6.45) is 8.23. The molecule has 1 heterocycles. The predicted molar refractivity (Wildman–Crippen MR) is 84.8 cm³/mol. The third kappa shape index (κ3) is 3.09. The fraction of sp³-hybridized carbons (Fsp3) is 0.750. The summed E-state index contributed by atoms with van der Waals surface area (Å²) in [6.45, 7) is 3.97. The van der Waals surface area contributed by atoms with E-state index in [0.29, 0.717) is 12.3 Å². The number of nitrogens with zero attached hydrogens (tertiary/aromatic N) is 3. The fourth-order valence-corrected chi connectivity index (χ4v) is 4.42. The third-order valence-electron chi connectivity index (χ3n) is 5.61. The monoisotopic (exact) mass is 320 g/mol. The summed E-state index contributed by atoms with van der Waals surface area (Å²) >= 11 is 0. The van der Waals surface area contributed by atoms with Crippen molar-refractivity contribution >= 4 is 11.6 Å². The molecule has 1 aromatic rings. The smallest absolute Gasteiger partial charge is 0.307 e. The maximum atomic E-state index is 12.6. The minimum atomic E-state index is -0.496. The number of aromatic nitrogens is 2. The second-order valence-electron chi connectivity index (χ2n) is 7.00. The van der Waals surface area contributed by atoms with Crippen LogP contribution in [0.3, 0.4) is 0 Å². The Hall–Kier alpha value is -1.92. The Morgan fingerprint density at radius 2 is 2.30 bits per heavy atom. The van der Waals surface area contributed by atoms with Gasteiger partial charge in [-0.05, 0) is 50.4 Å². The van der Waals surface area contributed by atoms with Crippen LogP contribution in [0.25, 0.3) is 0 Å². The zero-order valence-electron chi connectivity index (χ0n) is 13.6. The molecule has 7 nitrogen and oxygen atoms in total. The number of carbonyl (C=O) groups is 1. The molecule has 3 rings (SSSR count). The Kier molecular flexibility index (Phi) is 4.37. The van der Waals surface area contributed by atoms with E-state index in [1.54, 1.807) is 0 Å². The molecular weight excluding hydrogens is 296 g/mol. The van der Waals surface area contributed by atoms with Crippen molar-refractivity contribution in [3.05, 3.63) is 22.5 Å². The van der Waals surface area contributed by atoms with Crippen LogP contribution in [0, 0.1) is 27.9 Å². The van der Waals surface area contributed by atoms with E-state index in [9.17, 15) is 14.9 Å². The molecule has 7 heteroatoms. The van der Waals surface area contributed by atoms with Crippen LogP contribution >= 0.6 is 0 Å². The molecule has 2 fully saturated rings. The Morgan fingerprint density at radius 1 is 1.52 bits per heavy atom. The molecule has 1 aromatic heterocycles. The standard InChI is InChI=1S/C16H24N4O3/c1-3-15(19-9-13(8-17-19)20(22)23)16(21)18-10(2)14-7-11-4-5-12(14)6-11/h8-12,14-15H,3-7H2,1-2H3,(H,18,21). The SMILES string of the molecule is CCC(C(=O)NC(C)C1CC2CCC1C2)n1cc([N+](=O)[O-])cn1. The molecule has 23 heavy (non-hydrogen) atoms. The summed E-state index contributed by atoms with van der Waals surface area (Å²) in [5.74, 6) is 2.07. The van der Waals surface area contributed by atoms with Crippen molar-refractivity contribution in [2.45, 2.75) is 58.0 Å². The molecule has 0 spiro atoms. The number of nitrogens with one attached hydrogen (secondary N) is 1. The topological polar surface area (TPSA) is 90.1 Å². The second-order valence-corrected chi connectivity index (χ2v) is 7.00. The van der Waals surface area contributed by atoms with E-state index in [2.05, 4.69) is 17.3 Å². The summed E-state index contributed by atoms with van der Waals surface area (Å²) in [4.78, 5) is 22.9. The predicted octanol–water partition coefficient (Wildman–Crippen LogP) is 2.68. The highest BCUT2D eigenvalue weighted by Crippen LogP contribution is 2.49. The van der Waals surface area contributed by atoms with Crippen molar-refractivity contribution in [2.75, 3.05) is 0 Å². The minimum Gasteiger partial charge on any atom is -0.352 e. The number of hydrogen-bond acceptors (Lipinski definition) is 4. The molecule has 5 unspecified atom stereocenters. The Bertz CT molecular complexity index is 600.